The zero-order valence-electron chi connectivity index (χ0n) is 31.8. The fraction of sp³-hybridized carbons (Fsp3) is 0.500. The molecule has 12 nitrogen and oxygen atoms in total. The van der Waals surface area contributed by atoms with Gasteiger partial charge >= 0.3 is 69.5 Å². The molecule has 1 aliphatic heterocycles. The van der Waals surface area contributed by atoms with Crippen molar-refractivity contribution in [2.75, 3.05) is 33.0 Å². The van der Waals surface area contributed by atoms with E-state index in [1.54, 1.807) is 39.8 Å². The molecule has 15 heteroatoms. The number of ketones is 2. The van der Waals surface area contributed by atoms with Gasteiger partial charge in [-0.05, 0) is 31.9 Å². The summed E-state index contributed by atoms with van der Waals surface area (Å²) in [5, 5.41) is 19.9. The van der Waals surface area contributed by atoms with Crippen LogP contribution in [0.4, 0.5) is 18.4 Å². The fourth-order valence-corrected chi connectivity index (χ4v) is 4.57. The molecule has 0 fully saturated rings. The number of carbonyl (C=O) groups is 5. The monoisotopic (exact) mass is 772 g/mol. The Morgan fingerprint density at radius 2 is 1.43 bits per heavy atom. The first-order chi connectivity index (χ1) is 24.5. The summed E-state index contributed by atoms with van der Waals surface area (Å²) in [6, 6.07) is 16.4. The van der Waals surface area contributed by atoms with Crippen molar-refractivity contribution < 1.29 is 109 Å². The first-order valence-electron chi connectivity index (χ1n) is 16.8. The molecule has 0 spiro atoms. The van der Waals surface area contributed by atoms with E-state index in [0.717, 1.165) is 20.9 Å². The second-order valence-electron chi connectivity index (χ2n) is 12.8. The Kier molecular flexibility index (Phi) is 24.9. The van der Waals surface area contributed by atoms with Gasteiger partial charge < -0.3 is 29.3 Å². The molecule has 2 aromatic rings. The van der Waals surface area contributed by atoms with E-state index in [2.05, 4.69) is 0 Å². The van der Waals surface area contributed by atoms with Gasteiger partial charge in [-0.1, -0.05) is 81.4 Å². The summed E-state index contributed by atoms with van der Waals surface area (Å²) in [5.74, 6) is -1.23. The van der Waals surface area contributed by atoms with Crippen LogP contribution in [0.15, 0.2) is 72.0 Å². The van der Waals surface area contributed by atoms with E-state index in [9.17, 15) is 43.0 Å². The van der Waals surface area contributed by atoms with Crippen molar-refractivity contribution >= 4 is 29.7 Å². The molecule has 2 aromatic carbocycles. The number of nitrogens with zero attached hydrogens (tertiary/aromatic N) is 2. The van der Waals surface area contributed by atoms with Crippen molar-refractivity contribution in [3.8, 4) is 0 Å². The maximum Gasteiger partial charge on any atom is 1.00 e. The van der Waals surface area contributed by atoms with Crippen LogP contribution in [0.5, 0.6) is 0 Å². The van der Waals surface area contributed by atoms with Crippen LogP contribution in [-0.4, -0.2) is 95.4 Å². The van der Waals surface area contributed by atoms with Crippen LogP contribution in [0.3, 0.4) is 0 Å². The summed E-state index contributed by atoms with van der Waals surface area (Å²) in [6.07, 6.45) is -1.77. The van der Waals surface area contributed by atoms with Gasteiger partial charge in [-0.25, -0.2) is 18.4 Å². The number of aliphatic hydroxyl groups excluding tert-OH is 1. The van der Waals surface area contributed by atoms with Gasteiger partial charge in [0.15, 0.2) is 5.78 Å². The van der Waals surface area contributed by atoms with Gasteiger partial charge in [0.05, 0.1) is 37.2 Å². The molecule has 288 valence electrons. The van der Waals surface area contributed by atoms with Crippen molar-refractivity contribution in [1.29, 1.82) is 0 Å². The number of ether oxygens (including phenoxy) is 3. The van der Waals surface area contributed by atoms with Crippen LogP contribution in [0.1, 0.15) is 71.9 Å². The number of rotatable bonds is 14. The molecule has 0 aromatic heterocycles. The Hall–Kier alpha value is -3.21. The van der Waals surface area contributed by atoms with Gasteiger partial charge in [0.2, 0.25) is 0 Å². The van der Waals surface area contributed by atoms with E-state index in [-0.39, 0.29) is 126 Å². The number of Topliss-reactive ketones (excluding diaryl/α,β-unsaturated/α-hetero) is 2. The molecular weight excluding hydrogens is 722 g/mol. The molecule has 2 amide bonds. The maximum atomic E-state index is 13.3. The Balaban J connectivity index is 0.000000893. The number of alkyl halides is 2. The summed E-state index contributed by atoms with van der Waals surface area (Å²) >= 11 is 0. The van der Waals surface area contributed by atoms with E-state index in [1.165, 1.54) is 13.8 Å². The van der Waals surface area contributed by atoms with Gasteiger partial charge in [0.1, 0.15) is 38.1 Å². The number of hydrogen-bond acceptors (Lipinski definition) is 10. The number of carbonyl (C=O) groups excluding carboxylic acids is 5. The standard InChI is InChI=1S/C18H24FNO5.C16H18FNO4.C4H9O.K/c1-3-24-17(22)9-10-20(16(12-19)11-14(2)21)18(23)25-13-15-7-5-4-6-8-15;1-11(19)14-9-18(13(8-17)7-15(14)20)16(21)22-10-12-5-3-2-4-6-12;1-4(2,3)5;/h4-8,16H,3,9-13H2,1-2H3;2-6,13,20H,7-10H2,1H3;1-3H3;/q;;-1;+1. The van der Waals surface area contributed by atoms with Gasteiger partial charge in [0, 0.05) is 19.4 Å². The SMILES string of the molecule is CC(=O)C1=C(O)CC(CF)N(C(=O)OCc2ccccc2)C1.CC(C)(C)[O-].CCOC(=O)CCN(C(=O)OCc1ccccc1)C(CF)CC(C)=O.[K+]. The molecule has 1 N–H and O–H groups in total. The number of halogens is 2. The predicted molar refractivity (Wildman–Crippen MR) is 187 cm³/mol. The van der Waals surface area contributed by atoms with E-state index >= 15 is 0 Å². The minimum atomic E-state index is -0.963. The number of esters is 1. The van der Waals surface area contributed by atoms with Gasteiger partial charge in [-0.2, -0.15) is 0 Å². The topological polar surface area (TPSA) is 163 Å². The predicted octanol–water partition coefficient (Wildman–Crippen LogP) is 2.81. The smallest absolute Gasteiger partial charge is 0.850 e. The maximum absolute atomic E-state index is 13.3. The first-order valence-corrected chi connectivity index (χ1v) is 16.8. The summed E-state index contributed by atoms with van der Waals surface area (Å²) in [4.78, 5) is 61.0. The number of benzene rings is 2. The second-order valence-corrected chi connectivity index (χ2v) is 12.8. The number of hydrogen-bond donors (Lipinski definition) is 1. The third kappa shape index (κ3) is 21.3. The van der Waals surface area contributed by atoms with E-state index in [0.29, 0.717) is 0 Å². The van der Waals surface area contributed by atoms with Crippen molar-refractivity contribution in [2.24, 2.45) is 0 Å². The van der Waals surface area contributed by atoms with Crippen LogP contribution in [0.2, 0.25) is 0 Å². The Bertz CT molecular complexity index is 1450. The molecule has 0 aliphatic carbocycles. The van der Waals surface area contributed by atoms with Crippen molar-refractivity contribution in [3.05, 3.63) is 83.1 Å². The number of aliphatic hydroxyl groups is 1. The van der Waals surface area contributed by atoms with Gasteiger partial charge in [0.25, 0.3) is 0 Å². The number of amides is 2. The second kappa shape index (κ2) is 26.5. The third-order valence-electron chi connectivity index (χ3n) is 7.03. The van der Waals surface area contributed by atoms with Crippen LogP contribution in [0.25, 0.3) is 0 Å². The minimum Gasteiger partial charge on any atom is -0.850 e. The van der Waals surface area contributed by atoms with Crippen molar-refractivity contribution in [1.82, 2.24) is 9.80 Å². The van der Waals surface area contributed by atoms with Crippen LogP contribution >= 0.6 is 0 Å². The zero-order valence-corrected chi connectivity index (χ0v) is 34.9. The molecule has 0 radical (unpaired) electrons. The Morgan fingerprint density at radius 3 is 1.87 bits per heavy atom. The average Bonchev–Trinajstić information content (AvgIpc) is 3.09. The molecule has 2 unspecified atom stereocenters. The Morgan fingerprint density at radius 1 is 0.925 bits per heavy atom. The van der Waals surface area contributed by atoms with Gasteiger partial charge in [-0.3, -0.25) is 19.3 Å². The molecule has 53 heavy (non-hydrogen) atoms. The van der Waals surface area contributed by atoms with E-state index in [1.807, 2.05) is 48.5 Å². The quantitative estimate of drug-likeness (QED) is 0.172. The molecule has 2 atom stereocenters. The normalized spacial score (nSPS) is 14.1. The largest absolute Gasteiger partial charge is 1.00 e. The first kappa shape index (κ1) is 49.8. The van der Waals surface area contributed by atoms with Crippen molar-refractivity contribution in [2.45, 2.75) is 91.7 Å². The summed E-state index contributed by atoms with van der Waals surface area (Å²) < 4.78 is 41.6. The molecule has 0 saturated carbocycles. The fourth-order valence-electron chi connectivity index (χ4n) is 4.57. The minimum absolute atomic E-state index is 0. The van der Waals surface area contributed by atoms with Crippen LogP contribution in [-0.2, 0) is 41.8 Å². The molecule has 1 aliphatic rings. The zero-order chi connectivity index (χ0) is 39.3. The molecular formula is C38H51F2KN2O10. The molecule has 0 bridgehead atoms. The van der Waals surface area contributed by atoms with Crippen LogP contribution < -0.4 is 56.5 Å². The molecule has 3 rings (SSSR count). The van der Waals surface area contributed by atoms with Gasteiger partial charge in [-0.15, -0.1) is 5.60 Å². The molecule has 0 saturated heterocycles. The van der Waals surface area contributed by atoms with Crippen LogP contribution in [0, 0.1) is 0 Å². The Labute approximate surface area is 353 Å². The summed E-state index contributed by atoms with van der Waals surface area (Å²) in [7, 11) is 0. The van der Waals surface area contributed by atoms with E-state index in [4.69, 9.17) is 14.2 Å². The van der Waals surface area contributed by atoms with Crippen molar-refractivity contribution in [3.63, 3.8) is 0 Å². The third-order valence-corrected chi connectivity index (χ3v) is 7.03. The average molecular weight is 773 g/mol. The van der Waals surface area contributed by atoms with E-state index < -0.39 is 49.2 Å². The molecule has 1 heterocycles. The summed E-state index contributed by atoms with van der Waals surface area (Å²) in [5.41, 5.74) is 0.973. The summed E-state index contributed by atoms with van der Waals surface area (Å²) in [6.45, 7) is 7.58.